The second-order valence-electron chi connectivity index (χ2n) is 5.42. The lowest BCUT2D eigenvalue weighted by Gasteiger charge is -2.18. The fourth-order valence-electron chi connectivity index (χ4n) is 2.11. The Morgan fingerprint density at radius 2 is 2.05 bits per heavy atom. The quantitative estimate of drug-likeness (QED) is 0.813. The van der Waals surface area contributed by atoms with Crippen LogP contribution < -0.4 is 15.4 Å². The van der Waals surface area contributed by atoms with E-state index >= 15 is 0 Å². The van der Waals surface area contributed by atoms with Crippen molar-refractivity contribution in [2.24, 2.45) is 0 Å². The summed E-state index contributed by atoms with van der Waals surface area (Å²) < 4.78 is 5.58. The van der Waals surface area contributed by atoms with Crippen molar-refractivity contribution < 1.29 is 14.3 Å². The first-order valence-electron chi connectivity index (χ1n) is 7.36. The van der Waals surface area contributed by atoms with Gasteiger partial charge in [0.05, 0.1) is 12.6 Å². The largest absolute Gasteiger partial charge is 0.494 e. The average Bonchev–Trinajstić information content (AvgIpc) is 3.24. The van der Waals surface area contributed by atoms with E-state index in [0.29, 0.717) is 6.61 Å². The predicted molar refractivity (Wildman–Crippen MR) is 80.1 cm³/mol. The Kier molecular flexibility index (Phi) is 4.83. The smallest absolute Gasteiger partial charge is 0.309 e. The van der Waals surface area contributed by atoms with Crippen LogP contribution in [-0.4, -0.2) is 24.5 Å². The number of hydrogen-bond donors (Lipinski definition) is 2. The van der Waals surface area contributed by atoms with Crippen LogP contribution in [0.25, 0.3) is 0 Å². The molecule has 5 nitrogen and oxygen atoms in total. The first-order chi connectivity index (χ1) is 10.0. The molecule has 2 amide bonds. The molecule has 1 aromatic rings. The van der Waals surface area contributed by atoms with Crippen molar-refractivity contribution in [3.8, 4) is 5.75 Å². The second-order valence-corrected chi connectivity index (χ2v) is 5.42. The molecule has 0 bridgehead atoms. The highest BCUT2D eigenvalue weighted by Gasteiger charge is 2.27. The van der Waals surface area contributed by atoms with Gasteiger partial charge in [-0.1, -0.05) is 17.7 Å². The maximum Gasteiger partial charge on any atom is 0.309 e. The highest BCUT2D eigenvalue weighted by atomic mass is 16.5. The summed E-state index contributed by atoms with van der Waals surface area (Å²) in [4.78, 5) is 23.6. The summed E-state index contributed by atoms with van der Waals surface area (Å²) in [5.74, 6) is -0.424. The molecule has 114 valence electrons. The molecule has 0 radical (unpaired) electrons. The van der Waals surface area contributed by atoms with Crippen LogP contribution in [0, 0.1) is 6.92 Å². The molecule has 0 aromatic heterocycles. The molecule has 1 saturated carbocycles. The van der Waals surface area contributed by atoms with Gasteiger partial charge in [0.15, 0.2) is 0 Å². The van der Waals surface area contributed by atoms with E-state index in [2.05, 4.69) is 10.6 Å². The molecule has 1 aromatic carbocycles. The molecule has 21 heavy (non-hydrogen) atoms. The van der Waals surface area contributed by atoms with E-state index in [4.69, 9.17) is 4.74 Å². The van der Waals surface area contributed by atoms with Gasteiger partial charge in [0, 0.05) is 11.6 Å². The van der Waals surface area contributed by atoms with Gasteiger partial charge in [-0.2, -0.15) is 0 Å². The maximum absolute atomic E-state index is 11.9. The monoisotopic (exact) mass is 290 g/mol. The van der Waals surface area contributed by atoms with Crippen LogP contribution in [0.5, 0.6) is 5.75 Å². The minimum atomic E-state index is -0.599. The highest BCUT2D eigenvalue weighted by molar-refractivity contribution is 6.35. The summed E-state index contributed by atoms with van der Waals surface area (Å²) in [5, 5.41) is 5.40. The van der Waals surface area contributed by atoms with Crippen LogP contribution in [0.4, 0.5) is 0 Å². The standard InChI is InChI=1S/C16H22N2O3/c1-4-21-14-8-5-10(2)9-13(14)11(3)17-15(19)16(20)18-12-6-7-12/h5,8-9,11-12H,4,6-7H2,1-3H3,(H,17,19)(H,18,20). The summed E-state index contributed by atoms with van der Waals surface area (Å²) in [5.41, 5.74) is 1.96. The van der Waals surface area contributed by atoms with Crippen molar-refractivity contribution in [2.75, 3.05) is 6.61 Å². The van der Waals surface area contributed by atoms with Crippen molar-refractivity contribution in [1.82, 2.24) is 10.6 Å². The molecule has 1 atom stereocenters. The number of nitrogens with one attached hydrogen (secondary N) is 2. The van der Waals surface area contributed by atoms with Crippen LogP contribution in [0.2, 0.25) is 0 Å². The molecule has 1 fully saturated rings. The SMILES string of the molecule is CCOc1ccc(C)cc1C(C)NC(=O)C(=O)NC1CC1. The van der Waals surface area contributed by atoms with Gasteiger partial charge in [-0.3, -0.25) is 9.59 Å². The molecule has 0 spiro atoms. The first kappa shape index (κ1) is 15.4. The Hall–Kier alpha value is -2.04. The molecule has 1 aliphatic carbocycles. The minimum Gasteiger partial charge on any atom is -0.494 e. The van der Waals surface area contributed by atoms with Crippen LogP contribution in [0.3, 0.4) is 0 Å². The maximum atomic E-state index is 11.9. The lowest BCUT2D eigenvalue weighted by atomic mass is 10.0. The third kappa shape index (κ3) is 4.21. The predicted octanol–water partition coefficient (Wildman–Crippen LogP) is 1.85. The number of aryl methyl sites for hydroxylation is 1. The van der Waals surface area contributed by atoms with Gasteiger partial charge in [-0.15, -0.1) is 0 Å². The Balaban J connectivity index is 2.04. The van der Waals surface area contributed by atoms with Crippen LogP contribution in [0.15, 0.2) is 18.2 Å². The van der Waals surface area contributed by atoms with E-state index in [1.54, 1.807) is 0 Å². The van der Waals surface area contributed by atoms with E-state index < -0.39 is 11.8 Å². The summed E-state index contributed by atoms with van der Waals surface area (Å²) >= 11 is 0. The van der Waals surface area contributed by atoms with Crippen LogP contribution in [-0.2, 0) is 9.59 Å². The molecule has 1 aliphatic rings. The van der Waals surface area contributed by atoms with E-state index in [1.165, 1.54) is 0 Å². The Bertz CT molecular complexity index is 538. The van der Waals surface area contributed by atoms with Crippen LogP contribution in [0.1, 0.15) is 43.9 Å². The molecule has 2 N–H and O–H groups in total. The molecule has 0 saturated heterocycles. The fourth-order valence-corrected chi connectivity index (χ4v) is 2.11. The number of carbonyl (C=O) groups is 2. The van der Waals surface area contributed by atoms with Gasteiger partial charge in [-0.25, -0.2) is 0 Å². The van der Waals surface area contributed by atoms with Crippen LogP contribution >= 0.6 is 0 Å². The summed E-state index contributed by atoms with van der Waals surface area (Å²) in [6.45, 7) is 6.29. The average molecular weight is 290 g/mol. The zero-order valence-electron chi connectivity index (χ0n) is 12.7. The van der Waals surface area contributed by atoms with Crippen molar-refractivity contribution in [3.63, 3.8) is 0 Å². The lowest BCUT2D eigenvalue weighted by molar-refractivity contribution is -0.139. The Labute approximate surface area is 125 Å². The molecule has 5 heteroatoms. The number of carbonyl (C=O) groups excluding carboxylic acids is 2. The van der Waals surface area contributed by atoms with E-state index in [-0.39, 0.29) is 12.1 Å². The van der Waals surface area contributed by atoms with E-state index in [1.807, 2.05) is 39.0 Å². The molecule has 2 rings (SSSR count). The highest BCUT2D eigenvalue weighted by Crippen LogP contribution is 2.26. The van der Waals surface area contributed by atoms with Gasteiger partial charge in [0.25, 0.3) is 0 Å². The summed E-state index contributed by atoms with van der Waals surface area (Å²) in [7, 11) is 0. The Morgan fingerprint density at radius 3 is 2.67 bits per heavy atom. The zero-order valence-corrected chi connectivity index (χ0v) is 12.7. The van der Waals surface area contributed by atoms with Gasteiger partial charge < -0.3 is 15.4 Å². The number of rotatable bonds is 5. The van der Waals surface area contributed by atoms with E-state index in [0.717, 1.165) is 29.7 Å². The Morgan fingerprint density at radius 1 is 1.33 bits per heavy atom. The molecule has 1 unspecified atom stereocenters. The molecule has 0 aliphatic heterocycles. The number of benzene rings is 1. The third-order valence-electron chi connectivity index (χ3n) is 3.40. The lowest BCUT2D eigenvalue weighted by Crippen LogP contribution is -2.41. The minimum absolute atomic E-state index is 0.177. The third-order valence-corrected chi connectivity index (χ3v) is 3.40. The van der Waals surface area contributed by atoms with Gasteiger partial charge >= 0.3 is 11.8 Å². The first-order valence-corrected chi connectivity index (χ1v) is 7.36. The van der Waals surface area contributed by atoms with Crippen molar-refractivity contribution >= 4 is 11.8 Å². The van der Waals surface area contributed by atoms with Crippen molar-refractivity contribution in [2.45, 2.75) is 45.7 Å². The normalized spacial score (nSPS) is 15.2. The van der Waals surface area contributed by atoms with Gasteiger partial charge in [0.1, 0.15) is 5.75 Å². The fraction of sp³-hybridized carbons (Fsp3) is 0.500. The topological polar surface area (TPSA) is 67.4 Å². The summed E-state index contributed by atoms with van der Waals surface area (Å²) in [6.07, 6.45) is 1.92. The summed E-state index contributed by atoms with van der Waals surface area (Å²) in [6, 6.07) is 5.71. The number of amides is 2. The zero-order chi connectivity index (χ0) is 15.4. The van der Waals surface area contributed by atoms with Crippen molar-refractivity contribution in [1.29, 1.82) is 0 Å². The number of ether oxygens (including phenoxy) is 1. The van der Waals surface area contributed by atoms with Gasteiger partial charge in [0.2, 0.25) is 0 Å². The molecular weight excluding hydrogens is 268 g/mol. The molecule has 0 heterocycles. The second kappa shape index (κ2) is 6.61. The number of hydrogen-bond acceptors (Lipinski definition) is 3. The molecular formula is C16H22N2O3. The van der Waals surface area contributed by atoms with E-state index in [9.17, 15) is 9.59 Å². The van der Waals surface area contributed by atoms with Crippen molar-refractivity contribution in [3.05, 3.63) is 29.3 Å². The van der Waals surface area contributed by atoms with Gasteiger partial charge in [-0.05, 0) is 39.7 Å².